The zero-order chi connectivity index (χ0) is 24.1. The number of halogens is 1. The number of carbonyl (C=O) groups is 2. The molecular weight excluding hydrogens is 435 g/mol. The highest BCUT2D eigenvalue weighted by atomic mass is 19.1. The maximum absolute atomic E-state index is 14.9. The summed E-state index contributed by atoms with van der Waals surface area (Å²) < 4.78 is 20.2. The number of hydrogen-bond acceptors (Lipinski definition) is 5. The maximum atomic E-state index is 14.9. The highest BCUT2D eigenvalue weighted by Crippen LogP contribution is 2.29. The van der Waals surface area contributed by atoms with E-state index >= 15 is 0 Å². The number of carbonyl (C=O) groups excluding carboxylic acids is 2. The molecule has 7 nitrogen and oxygen atoms in total. The van der Waals surface area contributed by atoms with Gasteiger partial charge >= 0.3 is 6.09 Å². The van der Waals surface area contributed by atoms with Crippen molar-refractivity contribution in [3.8, 4) is 11.1 Å². The summed E-state index contributed by atoms with van der Waals surface area (Å²) in [7, 11) is 2.20. The van der Waals surface area contributed by atoms with E-state index in [1.165, 1.54) is 37.3 Å². The van der Waals surface area contributed by atoms with Crippen LogP contribution in [0.5, 0.6) is 0 Å². The first-order valence-electron chi connectivity index (χ1n) is 11.9. The number of amides is 2. The van der Waals surface area contributed by atoms with Crippen LogP contribution in [0.2, 0.25) is 0 Å². The van der Waals surface area contributed by atoms with Crippen LogP contribution in [0, 0.1) is 5.82 Å². The molecule has 2 N–H and O–H groups in total. The highest BCUT2D eigenvalue weighted by Gasteiger charge is 2.32. The van der Waals surface area contributed by atoms with E-state index in [-0.39, 0.29) is 19.0 Å². The lowest BCUT2D eigenvalue weighted by Crippen LogP contribution is -2.33. The third-order valence-electron chi connectivity index (χ3n) is 6.64. The molecule has 182 valence electrons. The largest absolute Gasteiger partial charge is 0.442 e. The van der Waals surface area contributed by atoms with Crippen molar-refractivity contribution in [2.75, 3.05) is 38.1 Å². The minimum absolute atomic E-state index is 0.191. The van der Waals surface area contributed by atoms with Gasteiger partial charge in [-0.3, -0.25) is 9.69 Å². The summed E-state index contributed by atoms with van der Waals surface area (Å²) >= 11 is 0. The molecule has 2 aromatic carbocycles. The SMILES string of the molecule is CC(=O)NC[C@H]1CN(c2ccc(-c3ccc(CNCCC4CCCN4C)cc3)c(F)c2)C(=O)O1. The van der Waals surface area contributed by atoms with Crippen molar-refractivity contribution in [1.82, 2.24) is 15.5 Å². The minimum atomic E-state index is -0.543. The van der Waals surface area contributed by atoms with E-state index in [2.05, 4.69) is 22.6 Å². The Kier molecular flexibility index (Phi) is 7.80. The van der Waals surface area contributed by atoms with Crippen molar-refractivity contribution in [3.05, 3.63) is 53.8 Å². The van der Waals surface area contributed by atoms with E-state index in [4.69, 9.17) is 4.74 Å². The lowest BCUT2D eigenvalue weighted by molar-refractivity contribution is -0.119. The smallest absolute Gasteiger partial charge is 0.414 e. The Morgan fingerprint density at radius 3 is 2.68 bits per heavy atom. The summed E-state index contributed by atoms with van der Waals surface area (Å²) in [6.07, 6.45) is 2.73. The van der Waals surface area contributed by atoms with Crippen LogP contribution >= 0.6 is 0 Å². The third-order valence-corrected chi connectivity index (χ3v) is 6.64. The first kappa shape index (κ1) is 24.2. The van der Waals surface area contributed by atoms with Crippen LogP contribution in [0.4, 0.5) is 14.9 Å². The molecule has 4 rings (SSSR count). The molecule has 0 radical (unpaired) electrons. The van der Waals surface area contributed by atoms with E-state index < -0.39 is 18.0 Å². The van der Waals surface area contributed by atoms with E-state index in [0.29, 0.717) is 17.3 Å². The van der Waals surface area contributed by atoms with Crippen LogP contribution in [-0.4, -0.2) is 62.3 Å². The first-order chi connectivity index (χ1) is 16.4. The summed E-state index contributed by atoms with van der Waals surface area (Å²) in [5, 5.41) is 6.14. The molecule has 0 aliphatic carbocycles. The molecule has 2 heterocycles. The number of benzene rings is 2. The van der Waals surface area contributed by atoms with Gasteiger partial charge in [0.2, 0.25) is 5.91 Å². The van der Waals surface area contributed by atoms with Gasteiger partial charge in [-0.25, -0.2) is 9.18 Å². The lowest BCUT2D eigenvalue weighted by atomic mass is 10.0. The van der Waals surface area contributed by atoms with Crippen molar-refractivity contribution >= 4 is 17.7 Å². The molecule has 2 atom stereocenters. The van der Waals surface area contributed by atoms with E-state index in [0.717, 1.165) is 30.6 Å². The fraction of sp³-hybridized carbons (Fsp3) is 0.462. The molecule has 2 saturated heterocycles. The van der Waals surface area contributed by atoms with Gasteiger partial charge in [-0.05, 0) is 68.7 Å². The van der Waals surface area contributed by atoms with Crippen molar-refractivity contribution < 1.29 is 18.7 Å². The van der Waals surface area contributed by atoms with Gasteiger partial charge in [0.15, 0.2) is 0 Å². The van der Waals surface area contributed by atoms with Gasteiger partial charge in [-0.15, -0.1) is 0 Å². The molecular formula is C26H33FN4O3. The average Bonchev–Trinajstić information content (AvgIpc) is 3.40. The molecule has 0 bridgehead atoms. The van der Waals surface area contributed by atoms with Crippen molar-refractivity contribution in [1.29, 1.82) is 0 Å². The van der Waals surface area contributed by atoms with Gasteiger partial charge in [0.25, 0.3) is 0 Å². The molecule has 1 unspecified atom stereocenters. The Hall–Kier alpha value is -2.97. The van der Waals surface area contributed by atoms with Gasteiger partial charge in [0.1, 0.15) is 11.9 Å². The lowest BCUT2D eigenvalue weighted by Gasteiger charge is -2.19. The first-order valence-corrected chi connectivity index (χ1v) is 11.9. The molecule has 0 spiro atoms. The zero-order valence-electron chi connectivity index (χ0n) is 19.9. The quantitative estimate of drug-likeness (QED) is 0.551. The number of nitrogens with one attached hydrogen (secondary N) is 2. The Morgan fingerprint density at radius 2 is 2.00 bits per heavy atom. The van der Waals surface area contributed by atoms with Gasteiger partial charge in [-0.2, -0.15) is 0 Å². The van der Waals surface area contributed by atoms with Crippen molar-refractivity contribution in [3.63, 3.8) is 0 Å². The average molecular weight is 469 g/mol. The minimum Gasteiger partial charge on any atom is -0.442 e. The molecule has 2 fully saturated rings. The number of cyclic esters (lactones) is 1. The molecule has 2 aliphatic rings. The van der Waals surface area contributed by atoms with Crippen molar-refractivity contribution in [2.24, 2.45) is 0 Å². The molecule has 8 heteroatoms. The maximum Gasteiger partial charge on any atom is 0.414 e. The second kappa shape index (κ2) is 11.0. The van der Waals surface area contributed by atoms with Gasteiger partial charge in [0.05, 0.1) is 18.8 Å². The summed E-state index contributed by atoms with van der Waals surface area (Å²) in [4.78, 5) is 27.1. The Morgan fingerprint density at radius 1 is 1.21 bits per heavy atom. The fourth-order valence-electron chi connectivity index (χ4n) is 4.65. The Labute approximate surface area is 200 Å². The number of anilines is 1. The predicted octanol–water partition coefficient (Wildman–Crippen LogP) is 3.53. The highest BCUT2D eigenvalue weighted by molar-refractivity contribution is 5.90. The summed E-state index contributed by atoms with van der Waals surface area (Å²) in [6, 6.07) is 13.3. The van der Waals surface area contributed by atoms with Crippen LogP contribution in [0.1, 0.15) is 31.7 Å². The van der Waals surface area contributed by atoms with E-state index in [9.17, 15) is 14.0 Å². The summed E-state index contributed by atoms with van der Waals surface area (Å²) in [5.41, 5.74) is 2.86. The van der Waals surface area contributed by atoms with Crippen molar-refractivity contribution in [2.45, 2.75) is 44.9 Å². The van der Waals surface area contributed by atoms with Crippen LogP contribution in [0.15, 0.2) is 42.5 Å². The van der Waals surface area contributed by atoms with Crippen LogP contribution < -0.4 is 15.5 Å². The number of likely N-dealkylation sites (tertiary alicyclic amines) is 1. The van der Waals surface area contributed by atoms with Crippen LogP contribution in [0.3, 0.4) is 0 Å². The molecule has 2 amide bonds. The molecule has 2 aromatic rings. The Balaban J connectivity index is 1.32. The van der Waals surface area contributed by atoms with E-state index in [1.807, 2.05) is 24.3 Å². The number of hydrogen-bond donors (Lipinski definition) is 2. The normalized spacial score (nSPS) is 20.6. The fourth-order valence-corrected chi connectivity index (χ4v) is 4.65. The predicted molar refractivity (Wildman–Crippen MR) is 130 cm³/mol. The molecule has 0 saturated carbocycles. The summed E-state index contributed by atoms with van der Waals surface area (Å²) in [6.45, 7) is 4.87. The molecule has 0 aromatic heterocycles. The molecule has 2 aliphatic heterocycles. The second-order valence-electron chi connectivity index (χ2n) is 9.16. The number of rotatable bonds is 9. The Bertz CT molecular complexity index is 1010. The molecule has 34 heavy (non-hydrogen) atoms. The van der Waals surface area contributed by atoms with E-state index in [1.54, 1.807) is 12.1 Å². The monoisotopic (exact) mass is 468 g/mol. The van der Waals surface area contributed by atoms with Crippen LogP contribution in [-0.2, 0) is 16.1 Å². The van der Waals surface area contributed by atoms with Gasteiger partial charge in [-0.1, -0.05) is 24.3 Å². The number of nitrogens with zero attached hydrogens (tertiary/aromatic N) is 2. The third kappa shape index (κ3) is 5.93. The second-order valence-corrected chi connectivity index (χ2v) is 9.16. The standard InChI is InChI=1S/C26H33FN4O3/c1-18(32)29-16-23-17-31(26(33)34-23)22-9-10-24(25(27)14-22)20-7-5-19(6-8-20)15-28-12-11-21-4-3-13-30(21)2/h5-10,14,21,23,28H,3-4,11-13,15-17H2,1-2H3,(H,29,32)/t21?,23-/m0/s1. The summed E-state index contributed by atoms with van der Waals surface area (Å²) in [5.74, 6) is -0.592. The van der Waals surface area contributed by atoms with Gasteiger partial charge in [0, 0.05) is 25.1 Å². The number of ether oxygens (including phenoxy) is 1. The topological polar surface area (TPSA) is 73.9 Å². The van der Waals surface area contributed by atoms with Crippen LogP contribution in [0.25, 0.3) is 11.1 Å². The zero-order valence-corrected chi connectivity index (χ0v) is 19.9. The van der Waals surface area contributed by atoms with Gasteiger partial charge < -0.3 is 20.3 Å².